The number of methoxy groups -OCH3 is 1. The molecule has 0 radical (unpaired) electrons. The fourth-order valence-electron chi connectivity index (χ4n) is 2.48. The molecular weight excluding hydrogens is 332 g/mol. The van der Waals surface area contributed by atoms with Crippen molar-refractivity contribution in [3.05, 3.63) is 54.4 Å². The first kappa shape index (κ1) is 19.1. The monoisotopic (exact) mass is 358 g/mol. The van der Waals surface area contributed by atoms with Gasteiger partial charge in [0.15, 0.2) is 5.11 Å². The molecule has 5 nitrogen and oxygen atoms in total. The van der Waals surface area contributed by atoms with Gasteiger partial charge in [0.05, 0.1) is 13.2 Å². The maximum absolute atomic E-state index is 5.70. The van der Waals surface area contributed by atoms with Crippen molar-refractivity contribution >= 4 is 23.0 Å². The maximum atomic E-state index is 5.70. The number of nitrogens with one attached hydrogen (secondary N) is 1. The Balaban J connectivity index is 2.17. The molecule has 25 heavy (non-hydrogen) atoms. The van der Waals surface area contributed by atoms with Gasteiger partial charge in [0.2, 0.25) is 0 Å². The van der Waals surface area contributed by atoms with E-state index in [0.717, 1.165) is 30.1 Å². The van der Waals surface area contributed by atoms with Gasteiger partial charge in [0, 0.05) is 37.2 Å². The first-order chi connectivity index (χ1) is 12.0. The Bertz CT molecular complexity index is 678. The molecule has 0 aliphatic heterocycles. The van der Waals surface area contributed by atoms with Crippen molar-refractivity contribution in [2.24, 2.45) is 0 Å². The topological polar surface area (TPSA) is 40.6 Å². The van der Waals surface area contributed by atoms with Gasteiger partial charge in [-0.3, -0.25) is 4.98 Å². The van der Waals surface area contributed by atoms with E-state index in [1.54, 1.807) is 13.3 Å². The Morgan fingerprint density at radius 3 is 2.68 bits per heavy atom. The SMILES string of the molecule is COc1cccc(NC(=S)N(CCN(C)C)[C@@H](C)c2cccnc2)c1. The number of hydrogen-bond acceptors (Lipinski definition) is 4. The Morgan fingerprint density at radius 2 is 2.04 bits per heavy atom. The minimum absolute atomic E-state index is 0.124. The summed E-state index contributed by atoms with van der Waals surface area (Å²) in [5.41, 5.74) is 2.05. The zero-order chi connectivity index (χ0) is 18.2. The van der Waals surface area contributed by atoms with Gasteiger partial charge in [0.25, 0.3) is 0 Å². The predicted molar refractivity (Wildman–Crippen MR) is 107 cm³/mol. The summed E-state index contributed by atoms with van der Waals surface area (Å²) in [5, 5.41) is 4.02. The minimum atomic E-state index is 0.124. The van der Waals surface area contributed by atoms with Gasteiger partial charge in [-0.25, -0.2) is 0 Å². The molecule has 0 bridgehead atoms. The Kier molecular flexibility index (Phi) is 7.16. The van der Waals surface area contributed by atoms with Crippen LogP contribution >= 0.6 is 12.2 Å². The van der Waals surface area contributed by atoms with Gasteiger partial charge in [0.1, 0.15) is 5.75 Å². The fraction of sp³-hybridized carbons (Fsp3) is 0.368. The van der Waals surface area contributed by atoms with E-state index in [0.29, 0.717) is 5.11 Å². The van der Waals surface area contributed by atoms with Crippen LogP contribution in [-0.4, -0.2) is 54.2 Å². The molecule has 2 aromatic rings. The number of anilines is 1. The fourth-order valence-corrected chi connectivity index (χ4v) is 2.85. The highest BCUT2D eigenvalue weighted by atomic mass is 32.1. The third kappa shape index (κ3) is 5.69. The lowest BCUT2D eigenvalue weighted by atomic mass is 10.1. The molecule has 2 rings (SSSR count). The zero-order valence-corrected chi connectivity index (χ0v) is 16.1. The van der Waals surface area contributed by atoms with Crippen LogP contribution in [-0.2, 0) is 0 Å². The second-order valence-electron chi connectivity index (χ2n) is 6.12. The van der Waals surface area contributed by atoms with E-state index in [1.807, 2.05) is 36.5 Å². The van der Waals surface area contributed by atoms with Crippen LogP contribution in [0.1, 0.15) is 18.5 Å². The Morgan fingerprint density at radius 1 is 1.24 bits per heavy atom. The number of rotatable bonds is 7. The van der Waals surface area contributed by atoms with Crippen molar-refractivity contribution in [2.45, 2.75) is 13.0 Å². The van der Waals surface area contributed by atoms with Crippen LogP contribution in [0.4, 0.5) is 5.69 Å². The van der Waals surface area contributed by atoms with Crippen molar-refractivity contribution < 1.29 is 4.74 Å². The summed E-state index contributed by atoms with van der Waals surface area (Å²) in [4.78, 5) is 8.57. The molecule has 0 aliphatic carbocycles. The molecule has 0 fully saturated rings. The number of aromatic nitrogens is 1. The highest BCUT2D eigenvalue weighted by molar-refractivity contribution is 7.80. The van der Waals surface area contributed by atoms with Crippen molar-refractivity contribution in [1.29, 1.82) is 0 Å². The number of benzene rings is 1. The molecule has 0 aliphatic rings. The van der Waals surface area contributed by atoms with Crippen LogP contribution in [0.3, 0.4) is 0 Å². The summed E-state index contributed by atoms with van der Waals surface area (Å²) in [6, 6.07) is 11.9. The van der Waals surface area contributed by atoms with Crippen LogP contribution in [0.15, 0.2) is 48.8 Å². The molecular formula is C19H26N4OS. The van der Waals surface area contributed by atoms with Crippen molar-refractivity contribution in [3.63, 3.8) is 0 Å². The lowest BCUT2D eigenvalue weighted by Gasteiger charge is -2.33. The standard InChI is InChI=1S/C19H26N4OS/c1-15(16-7-6-10-20-14-16)23(12-11-22(2)3)19(25)21-17-8-5-9-18(13-17)24-4/h5-10,13-15H,11-12H2,1-4H3,(H,21,25)/t15-/m0/s1. The van der Waals surface area contributed by atoms with Crippen LogP contribution in [0.25, 0.3) is 0 Å². The molecule has 0 saturated carbocycles. The molecule has 1 aromatic carbocycles. The van der Waals surface area contributed by atoms with Crippen LogP contribution in [0, 0.1) is 0 Å². The molecule has 0 spiro atoms. The number of hydrogen-bond donors (Lipinski definition) is 1. The normalized spacial score (nSPS) is 11.9. The first-order valence-electron chi connectivity index (χ1n) is 8.27. The van der Waals surface area contributed by atoms with E-state index in [4.69, 9.17) is 17.0 Å². The number of likely N-dealkylation sites (N-methyl/N-ethyl adjacent to an activating group) is 1. The van der Waals surface area contributed by atoms with Gasteiger partial charge in [-0.15, -0.1) is 0 Å². The van der Waals surface area contributed by atoms with Crippen LogP contribution < -0.4 is 10.1 Å². The molecule has 0 amide bonds. The van der Waals surface area contributed by atoms with E-state index in [2.05, 4.69) is 47.2 Å². The third-order valence-corrected chi connectivity index (χ3v) is 4.34. The molecule has 0 saturated heterocycles. The number of ether oxygens (including phenoxy) is 1. The quantitative estimate of drug-likeness (QED) is 0.765. The predicted octanol–water partition coefficient (Wildman–Crippen LogP) is 3.41. The molecule has 1 N–H and O–H groups in total. The highest BCUT2D eigenvalue weighted by Gasteiger charge is 2.19. The van der Waals surface area contributed by atoms with Crippen LogP contribution in [0.2, 0.25) is 0 Å². The zero-order valence-electron chi connectivity index (χ0n) is 15.3. The van der Waals surface area contributed by atoms with E-state index in [-0.39, 0.29) is 6.04 Å². The Labute approximate surface area is 155 Å². The summed E-state index contributed by atoms with van der Waals surface area (Å²) in [7, 11) is 5.78. The summed E-state index contributed by atoms with van der Waals surface area (Å²) in [5.74, 6) is 0.799. The molecule has 1 heterocycles. The van der Waals surface area contributed by atoms with Gasteiger partial charge >= 0.3 is 0 Å². The second-order valence-corrected chi connectivity index (χ2v) is 6.51. The average molecular weight is 359 g/mol. The molecule has 1 atom stereocenters. The smallest absolute Gasteiger partial charge is 0.173 e. The number of nitrogens with zero attached hydrogens (tertiary/aromatic N) is 3. The molecule has 6 heteroatoms. The van der Waals surface area contributed by atoms with E-state index >= 15 is 0 Å². The summed E-state index contributed by atoms with van der Waals surface area (Å²) < 4.78 is 5.28. The first-order valence-corrected chi connectivity index (χ1v) is 8.68. The summed E-state index contributed by atoms with van der Waals surface area (Å²) >= 11 is 5.70. The van der Waals surface area contributed by atoms with Crippen molar-refractivity contribution in [3.8, 4) is 5.75 Å². The van der Waals surface area contributed by atoms with Crippen molar-refractivity contribution in [1.82, 2.24) is 14.8 Å². The highest BCUT2D eigenvalue weighted by Crippen LogP contribution is 2.22. The molecule has 0 unspecified atom stereocenters. The van der Waals surface area contributed by atoms with E-state index in [9.17, 15) is 0 Å². The summed E-state index contributed by atoms with van der Waals surface area (Å²) in [6.45, 7) is 3.87. The summed E-state index contributed by atoms with van der Waals surface area (Å²) in [6.07, 6.45) is 3.68. The average Bonchev–Trinajstić information content (AvgIpc) is 2.62. The molecule has 1 aromatic heterocycles. The number of thiocarbonyl (C=S) groups is 1. The van der Waals surface area contributed by atoms with E-state index < -0.39 is 0 Å². The Hall–Kier alpha value is -2.18. The van der Waals surface area contributed by atoms with Gasteiger partial charge in [-0.2, -0.15) is 0 Å². The molecule has 134 valence electrons. The second kappa shape index (κ2) is 9.34. The van der Waals surface area contributed by atoms with Gasteiger partial charge in [-0.1, -0.05) is 12.1 Å². The largest absolute Gasteiger partial charge is 0.497 e. The maximum Gasteiger partial charge on any atom is 0.173 e. The third-order valence-electron chi connectivity index (χ3n) is 4.00. The van der Waals surface area contributed by atoms with Gasteiger partial charge < -0.3 is 19.9 Å². The van der Waals surface area contributed by atoms with Crippen molar-refractivity contribution in [2.75, 3.05) is 39.6 Å². The lowest BCUT2D eigenvalue weighted by molar-refractivity contribution is 0.289. The van der Waals surface area contributed by atoms with E-state index in [1.165, 1.54) is 0 Å². The lowest BCUT2D eigenvalue weighted by Crippen LogP contribution is -2.40. The number of pyridine rings is 1. The van der Waals surface area contributed by atoms with Gasteiger partial charge in [-0.05, 0) is 57.0 Å². The minimum Gasteiger partial charge on any atom is -0.497 e. The van der Waals surface area contributed by atoms with Crippen LogP contribution in [0.5, 0.6) is 5.75 Å².